The third-order valence-corrected chi connectivity index (χ3v) is 14.2. The van der Waals surface area contributed by atoms with Crippen molar-refractivity contribution in [2.45, 2.75) is 103 Å². The highest BCUT2D eigenvalue weighted by atomic mass is 127. The molecular formula is C60H64IN5O7. The molecule has 1 atom stereocenters. The van der Waals surface area contributed by atoms with Gasteiger partial charge in [-0.15, -0.1) is 0 Å². The van der Waals surface area contributed by atoms with Gasteiger partial charge in [0.1, 0.15) is 12.2 Å². The number of aromatic nitrogens is 1. The highest BCUT2D eigenvalue weighted by Crippen LogP contribution is 2.44. The molecule has 2 aliphatic rings. The van der Waals surface area contributed by atoms with Crippen molar-refractivity contribution in [3.8, 4) is 22.3 Å². The molecule has 6 aromatic rings. The zero-order valence-corrected chi connectivity index (χ0v) is 44.3. The second kappa shape index (κ2) is 24.2. The van der Waals surface area contributed by atoms with E-state index in [4.69, 9.17) is 9.47 Å². The summed E-state index contributed by atoms with van der Waals surface area (Å²) in [6, 6.07) is 40.0. The van der Waals surface area contributed by atoms with Crippen molar-refractivity contribution < 1.29 is 33.4 Å². The molecule has 8 rings (SSSR count). The topological polar surface area (TPSA) is 147 Å². The summed E-state index contributed by atoms with van der Waals surface area (Å²) in [6.07, 6.45) is 6.24. The Morgan fingerprint density at radius 1 is 0.781 bits per heavy atom. The van der Waals surface area contributed by atoms with Crippen molar-refractivity contribution in [2.24, 2.45) is 5.92 Å². The van der Waals surface area contributed by atoms with Crippen molar-refractivity contribution in [3.05, 3.63) is 182 Å². The lowest BCUT2D eigenvalue weighted by molar-refractivity contribution is -0.135. The monoisotopic (exact) mass is 1090 g/mol. The molecule has 0 spiro atoms. The third kappa shape index (κ3) is 14.0. The normalized spacial score (nSPS) is 13.1. The molecule has 0 radical (unpaired) electrons. The lowest BCUT2D eigenvalue weighted by Gasteiger charge is -2.25. The molecule has 2 heterocycles. The Bertz CT molecular complexity index is 2890. The van der Waals surface area contributed by atoms with Gasteiger partial charge in [-0.3, -0.25) is 24.3 Å². The Kier molecular flexibility index (Phi) is 17.4. The van der Waals surface area contributed by atoms with Gasteiger partial charge in [-0.25, -0.2) is 9.59 Å². The smallest absolute Gasteiger partial charge is 0.410 e. The van der Waals surface area contributed by atoms with Gasteiger partial charge in [-0.05, 0) is 149 Å². The van der Waals surface area contributed by atoms with Gasteiger partial charge in [0.05, 0.1) is 0 Å². The predicted molar refractivity (Wildman–Crippen MR) is 291 cm³/mol. The van der Waals surface area contributed by atoms with E-state index < -0.39 is 17.6 Å². The van der Waals surface area contributed by atoms with Crippen molar-refractivity contribution in [1.29, 1.82) is 0 Å². The molecule has 13 heteroatoms. The molecule has 0 bridgehead atoms. The maximum Gasteiger partial charge on any atom is 0.410 e. The number of halogens is 1. The fraction of sp³-hybridized carbons (Fsp3) is 0.333. The van der Waals surface area contributed by atoms with Crippen LogP contribution in [0.2, 0.25) is 0 Å². The number of carbonyl (C=O) groups is 5. The Balaban J connectivity index is 0.881. The van der Waals surface area contributed by atoms with Crippen LogP contribution < -0.4 is 10.6 Å². The molecule has 1 aliphatic heterocycles. The molecule has 0 fully saturated rings. The van der Waals surface area contributed by atoms with Gasteiger partial charge in [0.2, 0.25) is 11.8 Å². The average Bonchev–Trinajstić information content (AvgIpc) is 3.96. The molecule has 12 nitrogen and oxygen atoms in total. The zero-order valence-electron chi connectivity index (χ0n) is 42.1. The molecule has 378 valence electrons. The van der Waals surface area contributed by atoms with Gasteiger partial charge >= 0.3 is 12.2 Å². The first-order chi connectivity index (χ1) is 35.2. The third-order valence-electron chi connectivity index (χ3n) is 13.5. The van der Waals surface area contributed by atoms with Crippen molar-refractivity contribution >= 4 is 52.4 Å². The number of unbranched alkanes of at least 4 members (excludes halogenated alkanes) is 1. The number of pyridine rings is 1. The number of nitrogens with one attached hydrogen (secondary N) is 2. The van der Waals surface area contributed by atoms with E-state index in [2.05, 4.69) is 92.8 Å². The number of aryl methyl sites for hydroxylation is 1. The minimum atomic E-state index is -0.630. The SMILES string of the molecule is CN(Cc1ccncc1-c1ccc2c(c1)CN(C(=O)OC(C)(C)C)C2)C(=O)[C@@H](CCCCNC(=O)OCC1c2ccccc2-c2ccccc21)CC(=O)c1ccc(CNC(=O)CCCc2ccc(I)cc2)cc1. The van der Waals surface area contributed by atoms with E-state index in [9.17, 15) is 24.0 Å². The van der Waals surface area contributed by atoms with Crippen molar-refractivity contribution in [2.75, 3.05) is 20.2 Å². The Labute approximate surface area is 442 Å². The number of carbonyl (C=O) groups excluding carboxylic acids is 5. The Hall–Kier alpha value is -6.87. The molecule has 0 unspecified atom stereocenters. The van der Waals surface area contributed by atoms with Gasteiger partial charge in [-0.1, -0.05) is 103 Å². The lowest BCUT2D eigenvalue weighted by atomic mass is 9.91. The second-order valence-electron chi connectivity index (χ2n) is 20.1. The molecule has 1 aromatic heterocycles. The fourth-order valence-corrected chi connectivity index (χ4v) is 10.1. The van der Waals surface area contributed by atoms with Gasteiger partial charge < -0.3 is 25.0 Å². The van der Waals surface area contributed by atoms with E-state index >= 15 is 0 Å². The summed E-state index contributed by atoms with van der Waals surface area (Å²) in [5, 5.41) is 5.89. The fourth-order valence-electron chi connectivity index (χ4n) is 9.70. The number of nitrogens with zero attached hydrogens (tertiary/aromatic N) is 3. The number of fused-ring (bicyclic) bond motifs is 4. The molecule has 73 heavy (non-hydrogen) atoms. The van der Waals surface area contributed by atoms with Gasteiger partial charge in [-0.2, -0.15) is 0 Å². The maximum atomic E-state index is 14.5. The summed E-state index contributed by atoms with van der Waals surface area (Å²) in [6.45, 7) is 7.64. The summed E-state index contributed by atoms with van der Waals surface area (Å²) in [7, 11) is 1.76. The molecular weight excluding hydrogens is 1030 g/mol. The van der Waals surface area contributed by atoms with Crippen LogP contribution in [0.15, 0.2) is 134 Å². The molecule has 0 saturated heterocycles. The van der Waals surface area contributed by atoms with Crippen LogP contribution in [0.1, 0.15) is 115 Å². The van der Waals surface area contributed by atoms with Crippen molar-refractivity contribution in [3.63, 3.8) is 0 Å². The molecule has 4 amide bonds. The number of hydrogen-bond donors (Lipinski definition) is 2. The summed E-state index contributed by atoms with van der Waals surface area (Å²) in [5.74, 6) is -1.02. The van der Waals surface area contributed by atoms with Gasteiger partial charge in [0.15, 0.2) is 5.78 Å². The first-order valence-corrected chi connectivity index (χ1v) is 26.3. The van der Waals surface area contributed by atoms with Crippen LogP contribution in [-0.2, 0) is 51.7 Å². The van der Waals surface area contributed by atoms with E-state index in [0.29, 0.717) is 57.4 Å². The van der Waals surface area contributed by atoms with E-state index in [1.807, 2.05) is 75.4 Å². The zero-order chi connectivity index (χ0) is 51.5. The highest BCUT2D eigenvalue weighted by molar-refractivity contribution is 14.1. The van der Waals surface area contributed by atoms with Crippen LogP contribution in [0.3, 0.4) is 0 Å². The van der Waals surface area contributed by atoms with E-state index in [0.717, 1.165) is 68.5 Å². The van der Waals surface area contributed by atoms with E-state index in [1.54, 1.807) is 41.4 Å². The van der Waals surface area contributed by atoms with Crippen LogP contribution >= 0.6 is 22.6 Å². The van der Waals surface area contributed by atoms with Crippen molar-refractivity contribution in [1.82, 2.24) is 25.4 Å². The summed E-state index contributed by atoms with van der Waals surface area (Å²) in [5.41, 5.74) is 11.3. The lowest BCUT2D eigenvalue weighted by Crippen LogP contribution is -2.34. The number of benzene rings is 5. The maximum absolute atomic E-state index is 14.5. The van der Waals surface area contributed by atoms with E-state index in [-0.39, 0.29) is 49.2 Å². The predicted octanol–water partition coefficient (Wildman–Crippen LogP) is 11.8. The number of Topliss-reactive ketones (excluding diaryl/α,β-unsaturated/α-hetero) is 1. The number of hydrogen-bond acceptors (Lipinski definition) is 8. The summed E-state index contributed by atoms with van der Waals surface area (Å²) >= 11 is 2.28. The quantitative estimate of drug-likeness (QED) is 0.0436. The largest absolute Gasteiger partial charge is 0.449 e. The van der Waals surface area contributed by atoms with Crippen LogP contribution in [-0.4, -0.2) is 70.4 Å². The number of amides is 4. The average molecular weight is 1090 g/mol. The first-order valence-electron chi connectivity index (χ1n) is 25.2. The Morgan fingerprint density at radius 3 is 2.18 bits per heavy atom. The first kappa shape index (κ1) is 52.5. The molecule has 1 aliphatic carbocycles. The van der Waals surface area contributed by atoms with Crippen LogP contribution in [0.25, 0.3) is 22.3 Å². The van der Waals surface area contributed by atoms with E-state index in [1.165, 1.54) is 9.13 Å². The van der Waals surface area contributed by atoms with Crippen LogP contribution in [0, 0.1) is 9.49 Å². The minimum absolute atomic E-state index is 0.00179. The number of ether oxygens (including phenoxy) is 2. The molecule has 0 saturated carbocycles. The minimum Gasteiger partial charge on any atom is -0.449 e. The highest BCUT2D eigenvalue weighted by Gasteiger charge is 2.31. The summed E-state index contributed by atoms with van der Waals surface area (Å²) in [4.78, 5) is 74.9. The standard InChI is InChI=1S/C60H64IN5O7/c1-60(2,3)73-59(71)66-37-45-26-25-43(32-47(45)38-66)53-35-62-31-29-46(53)36-65(4)57(69)44(13-9-10-30-63-58(70)72-39-54-51-16-7-5-14-49(51)50-15-6-8-17-52(50)54)33-55(67)42-23-19-41(20-24-42)34-64-56(68)18-11-12-40-21-27-48(61)28-22-40/h5-8,14-17,19-29,31-32,35,44,54H,9-13,18,30,33-34,36-39H2,1-4H3,(H,63,70)(H,64,68)/t44-/m0/s1. The summed E-state index contributed by atoms with van der Waals surface area (Å²) < 4.78 is 12.6. The van der Waals surface area contributed by atoms with Crippen LogP contribution in [0.4, 0.5) is 9.59 Å². The number of rotatable bonds is 20. The van der Waals surface area contributed by atoms with Gasteiger partial charge in [0.25, 0.3) is 0 Å². The molecule has 2 N–H and O–H groups in total. The number of alkyl carbamates (subject to hydrolysis) is 1. The second-order valence-corrected chi connectivity index (χ2v) is 21.3. The molecule has 5 aromatic carbocycles. The van der Waals surface area contributed by atoms with Crippen LogP contribution in [0.5, 0.6) is 0 Å². The number of ketones is 1. The van der Waals surface area contributed by atoms with Gasteiger partial charge in [0, 0.05) is 91.5 Å². The Morgan fingerprint density at radius 2 is 1.47 bits per heavy atom.